The molecule has 1 aromatic heterocycles. The van der Waals surface area contributed by atoms with Crippen molar-refractivity contribution in [3.8, 4) is 5.75 Å². The number of ether oxygens (including phenoxy) is 1. The highest BCUT2D eigenvalue weighted by atomic mass is 16.5. The number of aromatic carboxylic acids is 1. The molecule has 0 saturated carbocycles. The normalized spacial score (nSPS) is 9.73. The van der Waals surface area contributed by atoms with Gasteiger partial charge < -0.3 is 14.9 Å². The van der Waals surface area contributed by atoms with Gasteiger partial charge in [-0.25, -0.2) is 9.59 Å². The van der Waals surface area contributed by atoms with Gasteiger partial charge in [0.05, 0.1) is 18.2 Å². The summed E-state index contributed by atoms with van der Waals surface area (Å²) < 4.78 is 5.04. The first-order valence-corrected chi connectivity index (χ1v) is 7.42. The second-order valence-corrected chi connectivity index (χ2v) is 5.05. The molecule has 0 aliphatic carbocycles. The van der Waals surface area contributed by atoms with Gasteiger partial charge in [0, 0.05) is 17.1 Å². The molecule has 0 amide bonds. The third-order valence-electron chi connectivity index (χ3n) is 3.41. The summed E-state index contributed by atoms with van der Waals surface area (Å²) in [5.41, 5.74) is 1.09. The van der Waals surface area contributed by atoms with E-state index in [1.54, 1.807) is 36.4 Å². The molecule has 1 heterocycles. The van der Waals surface area contributed by atoms with E-state index < -0.39 is 17.7 Å². The summed E-state index contributed by atoms with van der Waals surface area (Å²) in [6, 6.07) is 14.5. The number of Topliss-reactive ketones (excluding diaryl/α,β-unsaturated/α-hetero) is 1. The van der Waals surface area contributed by atoms with Crippen LogP contribution in [-0.4, -0.2) is 40.0 Å². The fourth-order valence-corrected chi connectivity index (χ4v) is 2.15. The van der Waals surface area contributed by atoms with Crippen molar-refractivity contribution in [2.24, 2.45) is 0 Å². The Bertz CT molecular complexity index is 953. The van der Waals surface area contributed by atoms with Crippen molar-refractivity contribution in [1.82, 2.24) is 4.98 Å². The summed E-state index contributed by atoms with van der Waals surface area (Å²) in [7, 11) is 1.54. The van der Waals surface area contributed by atoms with Crippen molar-refractivity contribution in [1.29, 1.82) is 0 Å². The van der Waals surface area contributed by atoms with Crippen LogP contribution in [0.2, 0.25) is 0 Å². The van der Waals surface area contributed by atoms with Crippen molar-refractivity contribution in [2.45, 2.75) is 0 Å². The number of aliphatic carboxylic acids is 1. The van der Waals surface area contributed by atoms with Gasteiger partial charge in [0.15, 0.2) is 0 Å². The molecule has 7 nitrogen and oxygen atoms in total. The minimum atomic E-state index is -1.42. The number of methoxy groups -OCH3 is 1. The Balaban J connectivity index is 0.000000197. The smallest absolute Gasteiger partial charge is 0.377 e. The molecule has 26 heavy (non-hydrogen) atoms. The topological polar surface area (TPSA) is 114 Å². The van der Waals surface area contributed by atoms with Crippen molar-refractivity contribution < 1.29 is 29.3 Å². The summed E-state index contributed by atoms with van der Waals surface area (Å²) in [6.45, 7) is 0. The van der Waals surface area contributed by atoms with Crippen LogP contribution < -0.4 is 4.74 Å². The first-order valence-electron chi connectivity index (χ1n) is 7.42. The van der Waals surface area contributed by atoms with Gasteiger partial charge >= 0.3 is 11.9 Å². The molecular formula is C19H15NO6. The lowest BCUT2D eigenvalue weighted by molar-refractivity contribution is -0.131. The molecule has 3 rings (SSSR count). The van der Waals surface area contributed by atoms with Gasteiger partial charge in [-0.2, -0.15) is 0 Å². The summed E-state index contributed by atoms with van der Waals surface area (Å²) in [5, 5.41) is 17.9. The quantitative estimate of drug-likeness (QED) is 0.547. The highest BCUT2D eigenvalue weighted by molar-refractivity contribution is 6.39. The van der Waals surface area contributed by atoms with Crippen LogP contribution in [0.15, 0.2) is 60.8 Å². The highest BCUT2D eigenvalue weighted by Gasteiger charge is 2.12. The number of nitrogens with zero attached hydrogens (tertiary/aromatic N) is 1. The van der Waals surface area contributed by atoms with E-state index in [1.165, 1.54) is 31.5 Å². The average Bonchev–Trinajstić information content (AvgIpc) is 2.67. The van der Waals surface area contributed by atoms with Gasteiger partial charge in [0.25, 0.3) is 5.78 Å². The summed E-state index contributed by atoms with van der Waals surface area (Å²) in [6.07, 6.45) is 1.48. The minimum Gasteiger partial charge on any atom is -0.497 e. The molecular weight excluding hydrogens is 338 g/mol. The Hall–Kier alpha value is -3.74. The lowest BCUT2D eigenvalue weighted by Crippen LogP contribution is -2.12. The maximum Gasteiger partial charge on any atom is 0.377 e. The second kappa shape index (κ2) is 8.39. The zero-order valence-corrected chi connectivity index (χ0v) is 13.7. The number of carboxylic acid groups (broad SMARTS) is 2. The maximum absolute atomic E-state index is 10.9. The van der Waals surface area contributed by atoms with Crippen molar-refractivity contribution in [3.63, 3.8) is 0 Å². The number of aromatic nitrogens is 1. The van der Waals surface area contributed by atoms with Gasteiger partial charge in [-0.05, 0) is 24.3 Å². The average molecular weight is 353 g/mol. The fourth-order valence-electron chi connectivity index (χ4n) is 2.15. The largest absolute Gasteiger partial charge is 0.497 e. The van der Waals surface area contributed by atoms with E-state index in [4.69, 9.17) is 14.9 Å². The first kappa shape index (κ1) is 18.6. The fraction of sp³-hybridized carbons (Fsp3) is 0.0526. The predicted molar refractivity (Wildman–Crippen MR) is 93.7 cm³/mol. The predicted octanol–water partition coefficient (Wildman–Crippen LogP) is 2.90. The van der Waals surface area contributed by atoms with Gasteiger partial charge in [-0.15, -0.1) is 0 Å². The number of benzene rings is 2. The molecule has 0 spiro atoms. The van der Waals surface area contributed by atoms with E-state index in [-0.39, 0.29) is 11.1 Å². The molecule has 7 heteroatoms. The lowest BCUT2D eigenvalue weighted by Gasteiger charge is -2.04. The van der Waals surface area contributed by atoms with E-state index >= 15 is 0 Å². The zero-order chi connectivity index (χ0) is 19.1. The number of carbonyl (C=O) groups is 3. The number of carboxylic acids is 2. The van der Waals surface area contributed by atoms with Crippen LogP contribution in [0.4, 0.5) is 0 Å². The highest BCUT2D eigenvalue weighted by Crippen LogP contribution is 2.22. The summed E-state index contributed by atoms with van der Waals surface area (Å²) >= 11 is 0. The number of hydrogen-bond acceptors (Lipinski definition) is 5. The number of rotatable bonds is 4. The molecule has 0 bridgehead atoms. The number of hydrogen-bond donors (Lipinski definition) is 2. The van der Waals surface area contributed by atoms with Crippen LogP contribution in [-0.2, 0) is 4.79 Å². The molecule has 2 aromatic carbocycles. The number of ketones is 1. The molecule has 0 aliphatic heterocycles. The van der Waals surface area contributed by atoms with Crippen LogP contribution >= 0.6 is 0 Å². The summed E-state index contributed by atoms with van der Waals surface area (Å²) in [4.78, 5) is 35.9. The Morgan fingerprint density at radius 1 is 0.962 bits per heavy atom. The molecule has 132 valence electrons. The Morgan fingerprint density at radius 2 is 1.65 bits per heavy atom. The SMILES string of the molecule is COc1ccc2nccc(C(=O)O)c2c1.O=C(O)C(=O)c1ccccc1. The Labute approximate surface area is 148 Å². The molecule has 0 aliphatic rings. The van der Waals surface area contributed by atoms with Crippen LogP contribution in [0, 0.1) is 0 Å². The van der Waals surface area contributed by atoms with Gasteiger partial charge in [0.2, 0.25) is 0 Å². The number of pyridine rings is 1. The van der Waals surface area contributed by atoms with Crippen molar-refractivity contribution in [2.75, 3.05) is 7.11 Å². The maximum atomic E-state index is 10.9. The third kappa shape index (κ3) is 4.41. The van der Waals surface area contributed by atoms with Crippen molar-refractivity contribution in [3.05, 3.63) is 71.9 Å². The number of fused-ring (bicyclic) bond motifs is 1. The van der Waals surface area contributed by atoms with Gasteiger partial charge in [-0.1, -0.05) is 30.3 Å². The number of carbonyl (C=O) groups excluding carboxylic acids is 1. The third-order valence-corrected chi connectivity index (χ3v) is 3.41. The Morgan fingerprint density at radius 3 is 2.23 bits per heavy atom. The molecule has 0 radical (unpaired) electrons. The van der Waals surface area contributed by atoms with E-state index in [1.807, 2.05) is 0 Å². The molecule has 0 unspecified atom stereocenters. The van der Waals surface area contributed by atoms with E-state index in [9.17, 15) is 14.4 Å². The summed E-state index contributed by atoms with van der Waals surface area (Å²) in [5.74, 6) is -2.63. The zero-order valence-electron chi connectivity index (χ0n) is 13.7. The standard InChI is InChI=1S/C11H9NO3.C8H6O3/c1-15-7-2-3-10-9(6-7)8(11(13)14)4-5-12-10;9-7(8(10)11)6-4-2-1-3-5-6/h2-6H,1H3,(H,13,14);1-5H,(H,10,11). The van der Waals surface area contributed by atoms with Crippen LogP contribution in [0.5, 0.6) is 5.75 Å². The lowest BCUT2D eigenvalue weighted by atomic mass is 10.1. The van der Waals surface area contributed by atoms with E-state index in [0.717, 1.165) is 0 Å². The molecule has 2 N–H and O–H groups in total. The first-order chi connectivity index (χ1) is 12.4. The molecule has 0 atom stereocenters. The molecule has 0 saturated heterocycles. The van der Waals surface area contributed by atoms with Crippen LogP contribution in [0.3, 0.4) is 0 Å². The second-order valence-electron chi connectivity index (χ2n) is 5.05. The Kier molecular flexibility index (Phi) is 6.00. The van der Waals surface area contributed by atoms with Gasteiger partial charge in [0.1, 0.15) is 5.75 Å². The molecule has 3 aromatic rings. The monoisotopic (exact) mass is 353 g/mol. The van der Waals surface area contributed by atoms with Crippen LogP contribution in [0.1, 0.15) is 20.7 Å². The van der Waals surface area contributed by atoms with E-state index in [0.29, 0.717) is 16.7 Å². The van der Waals surface area contributed by atoms with E-state index in [2.05, 4.69) is 4.98 Å². The van der Waals surface area contributed by atoms with Gasteiger partial charge in [-0.3, -0.25) is 9.78 Å². The van der Waals surface area contributed by atoms with Crippen LogP contribution in [0.25, 0.3) is 10.9 Å². The van der Waals surface area contributed by atoms with Crippen molar-refractivity contribution >= 4 is 28.6 Å². The minimum absolute atomic E-state index is 0.208. The molecule has 0 fully saturated rings.